The van der Waals surface area contributed by atoms with Crippen molar-refractivity contribution in [2.75, 3.05) is 26.4 Å². The van der Waals surface area contributed by atoms with E-state index in [2.05, 4.69) is 39.2 Å². The van der Waals surface area contributed by atoms with Crippen LogP contribution >= 0.6 is 0 Å². The summed E-state index contributed by atoms with van der Waals surface area (Å²) in [6.07, 6.45) is 6.77. The monoisotopic (exact) mass is 411 g/mol. The average Bonchev–Trinajstić information content (AvgIpc) is 2.65. The van der Waals surface area contributed by atoms with Crippen molar-refractivity contribution in [1.82, 2.24) is 5.32 Å². The zero-order chi connectivity index (χ0) is 22.2. The van der Waals surface area contributed by atoms with Gasteiger partial charge in [0.15, 0.2) is 0 Å². The van der Waals surface area contributed by atoms with E-state index in [9.17, 15) is 9.18 Å². The Morgan fingerprint density at radius 2 is 1.66 bits per heavy atom. The van der Waals surface area contributed by atoms with Gasteiger partial charge in [-0.15, -0.1) is 0 Å². The molecule has 0 aromatic rings. The predicted octanol–water partition coefficient (Wildman–Crippen LogP) is 5.96. The van der Waals surface area contributed by atoms with Crippen LogP contribution in [0.3, 0.4) is 0 Å². The van der Waals surface area contributed by atoms with Gasteiger partial charge in [-0.3, -0.25) is 4.79 Å². The Hall–Kier alpha value is -1.62. The lowest BCUT2D eigenvalue weighted by molar-refractivity contribution is -0.126. The Bertz CT molecular complexity index is 517. The first-order chi connectivity index (χ1) is 13.6. The van der Waals surface area contributed by atoms with E-state index < -0.39 is 5.83 Å². The predicted molar refractivity (Wildman–Crippen MR) is 119 cm³/mol. The molecule has 1 saturated carbocycles. The third kappa shape index (κ3) is 15.0. The van der Waals surface area contributed by atoms with Crippen molar-refractivity contribution in [3.8, 4) is 0 Å². The minimum absolute atomic E-state index is 0.138. The third-order valence-electron chi connectivity index (χ3n) is 4.31. The lowest BCUT2D eigenvalue weighted by Crippen LogP contribution is -2.34. The van der Waals surface area contributed by atoms with Crippen molar-refractivity contribution in [2.24, 2.45) is 17.8 Å². The SMILES string of the molecule is C=C(F)/C=C(/OCCOCCNC(=O)C1CCCCC1)C(=C)C(C)C.CC(C)C. The normalized spacial score (nSPS) is 15.0. The fourth-order valence-electron chi connectivity index (χ4n) is 2.72. The van der Waals surface area contributed by atoms with E-state index in [0.717, 1.165) is 37.2 Å². The standard InChI is InChI=1S/C20H32FNO3.C4H10/c1-15(2)17(4)19(14-16(3)21)25-13-12-24-11-10-22-20(23)18-8-6-5-7-9-18;1-4(2)3/h14-15,18H,3-13H2,1-2H3,(H,22,23);4H,1-3H3/b19-14+;. The Morgan fingerprint density at radius 1 is 1.07 bits per heavy atom. The molecular formula is C24H42FNO3. The maximum Gasteiger partial charge on any atom is 0.223 e. The number of ether oxygens (including phenoxy) is 2. The van der Waals surface area contributed by atoms with Gasteiger partial charge in [-0.1, -0.05) is 67.0 Å². The summed E-state index contributed by atoms with van der Waals surface area (Å²) in [4.78, 5) is 12.0. The molecule has 1 rings (SSSR count). The van der Waals surface area contributed by atoms with E-state index >= 15 is 0 Å². The van der Waals surface area contributed by atoms with E-state index in [1.54, 1.807) is 0 Å². The zero-order valence-corrected chi connectivity index (χ0v) is 19.2. The highest BCUT2D eigenvalue weighted by atomic mass is 19.1. The van der Waals surface area contributed by atoms with Gasteiger partial charge in [-0.05, 0) is 30.3 Å². The molecule has 0 radical (unpaired) electrons. The Balaban J connectivity index is 0.00000178. The van der Waals surface area contributed by atoms with Gasteiger partial charge in [0.2, 0.25) is 5.91 Å². The van der Waals surface area contributed by atoms with E-state index in [-0.39, 0.29) is 17.7 Å². The van der Waals surface area contributed by atoms with E-state index in [1.165, 1.54) is 12.5 Å². The van der Waals surface area contributed by atoms with Gasteiger partial charge >= 0.3 is 0 Å². The molecular weight excluding hydrogens is 369 g/mol. The highest BCUT2D eigenvalue weighted by Crippen LogP contribution is 2.23. The van der Waals surface area contributed by atoms with Crippen LogP contribution in [-0.2, 0) is 14.3 Å². The minimum atomic E-state index is -0.567. The molecule has 168 valence electrons. The summed E-state index contributed by atoms with van der Waals surface area (Å²) >= 11 is 0. The number of allylic oxidation sites excluding steroid dienone is 3. The average molecular weight is 412 g/mol. The van der Waals surface area contributed by atoms with Gasteiger partial charge < -0.3 is 14.8 Å². The molecule has 0 aromatic carbocycles. The zero-order valence-electron chi connectivity index (χ0n) is 19.2. The fraction of sp³-hybridized carbons (Fsp3) is 0.708. The topological polar surface area (TPSA) is 47.6 Å². The van der Waals surface area contributed by atoms with Crippen molar-refractivity contribution < 1.29 is 18.7 Å². The lowest BCUT2D eigenvalue weighted by atomic mass is 9.89. The number of carbonyl (C=O) groups is 1. The van der Waals surface area contributed by atoms with Gasteiger partial charge in [0, 0.05) is 18.5 Å². The summed E-state index contributed by atoms with van der Waals surface area (Å²) in [5.41, 5.74) is 0.721. The number of nitrogens with one attached hydrogen (secondary N) is 1. The second kappa shape index (κ2) is 16.2. The molecule has 0 aromatic heterocycles. The maximum absolute atomic E-state index is 13.0. The van der Waals surface area contributed by atoms with Crippen LogP contribution in [0.4, 0.5) is 4.39 Å². The van der Waals surface area contributed by atoms with Crippen LogP contribution in [0.5, 0.6) is 0 Å². The van der Waals surface area contributed by atoms with Gasteiger partial charge in [0.25, 0.3) is 0 Å². The molecule has 0 spiro atoms. The molecule has 1 fully saturated rings. The van der Waals surface area contributed by atoms with Crippen LogP contribution in [0.1, 0.15) is 66.7 Å². The summed E-state index contributed by atoms with van der Waals surface area (Å²) in [6.45, 7) is 19.1. The number of hydrogen-bond acceptors (Lipinski definition) is 3. The highest BCUT2D eigenvalue weighted by molar-refractivity contribution is 5.78. The highest BCUT2D eigenvalue weighted by Gasteiger charge is 2.20. The number of carbonyl (C=O) groups excluding carboxylic acids is 1. The van der Waals surface area contributed by atoms with E-state index in [0.29, 0.717) is 32.1 Å². The summed E-state index contributed by atoms with van der Waals surface area (Å²) in [5.74, 6) is 1.13. The molecule has 1 aliphatic rings. The molecule has 0 unspecified atom stereocenters. The number of halogens is 1. The smallest absolute Gasteiger partial charge is 0.223 e. The molecule has 0 atom stereocenters. The van der Waals surface area contributed by atoms with Gasteiger partial charge in [0.05, 0.1) is 13.2 Å². The largest absolute Gasteiger partial charge is 0.491 e. The molecule has 29 heavy (non-hydrogen) atoms. The molecule has 5 heteroatoms. The Morgan fingerprint density at radius 3 is 2.17 bits per heavy atom. The van der Waals surface area contributed by atoms with Crippen LogP contribution < -0.4 is 5.32 Å². The van der Waals surface area contributed by atoms with Crippen molar-refractivity contribution in [1.29, 1.82) is 0 Å². The van der Waals surface area contributed by atoms with Crippen LogP contribution in [0, 0.1) is 17.8 Å². The van der Waals surface area contributed by atoms with Gasteiger partial charge in [-0.25, -0.2) is 4.39 Å². The van der Waals surface area contributed by atoms with Crippen LogP contribution in [0.15, 0.2) is 36.4 Å². The third-order valence-corrected chi connectivity index (χ3v) is 4.31. The lowest BCUT2D eigenvalue weighted by Gasteiger charge is -2.20. The van der Waals surface area contributed by atoms with Crippen LogP contribution in [-0.4, -0.2) is 32.3 Å². The quantitative estimate of drug-likeness (QED) is 0.259. The molecule has 1 aliphatic carbocycles. The summed E-state index contributed by atoms with van der Waals surface area (Å²) in [7, 11) is 0. The van der Waals surface area contributed by atoms with E-state index in [4.69, 9.17) is 9.47 Å². The van der Waals surface area contributed by atoms with Crippen molar-refractivity contribution >= 4 is 5.91 Å². The summed E-state index contributed by atoms with van der Waals surface area (Å²) < 4.78 is 24.0. The minimum Gasteiger partial charge on any atom is -0.491 e. The fourth-order valence-corrected chi connectivity index (χ4v) is 2.72. The second-order valence-corrected chi connectivity index (χ2v) is 8.45. The second-order valence-electron chi connectivity index (χ2n) is 8.45. The first-order valence-corrected chi connectivity index (χ1v) is 10.9. The van der Waals surface area contributed by atoms with Crippen LogP contribution in [0.25, 0.3) is 0 Å². The van der Waals surface area contributed by atoms with Crippen molar-refractivity contribution in [2.45, 2.75) is 66.7 Å². The van der Waals surface area contributed by atoms with Crippen molar-refractivity contribution in [3.63, 3.8) is 0 Å². The molecule has 1 amide bonds. The number of hydrogen-bond donors (Lipinski definition) is 1. The molecule has 1 N–H and O–H groups in total. The van der Waals surface area contributed by atoms with Crippen molar-refractivity contribution in [3.05, 3.63) is 36.4 Å². The van der Waals surface area contributed by atoms with Crippen LogP contribution in [0.2, 0.25) is 0 Å². The number of amides is 1. The molecule has 4 nitrogen and oxygen atoms in total. The maximum atomic E-state index is 13.0. The van der Waals surface area contributed by atoms with E-state index in [1.807, 2.05) is 13.8 Å². The summed E-state index contributed by atoms with van der Waals surface area (Å²) in [5, 5.41) is 2.92. The molecule has 0 heterocycles. The first-order valence-electron chi connectivity index (χ1n) is 10.9. The van der Waals surface area contributed by atoms with Gasteiger partial charge in [-0.2, -0.15) is 0 Å². The molecule has 0 saturated heterocycles. The molecule has 0 bridgehead atoms. The first kappa shape index (κ1) is 27.4. The van der Waals surface area contributed by atoms with Gasteiger partial charge in [0.1, 0.15) is 18.2 Å². The molecule has 0 aliphatic heterocycles. The summed E-state index contributed by atoms with van der Waals surface area (Å²) in [6, 6.07) is 0. The number of rotatable bonds is 11. The Labute approximate surface area is 177 Å². The Kier molecular flexibility index (Phi) is 15.3.